The Hall–Kier alpha value is -1.30. The minimum absolute atomic E-state index is 0.0238. The van der Waals surface area contributed by atoms with E-state index in [2.05, 4.69) is 10.6 Å². The number of fused-ring (bicyclic) bond motifs is 1. The molecule has 0 saturated carbocycles. The normalized spacial score (nSPS) is 36.9. The van der Waals surface area contributed by atoms with Gasteiger partial charge in [0, 0.05) is 5.92 Å². The van der Waals surface area contributed by atoms with Crippen molar-refractivity contribution in [2.45, 2.75) is 12.1 Å². The van der Waals surface area contributed by atoms with E-state index in [4.69, 9.17) is 9.84 Å². The van der Waals surface area contributed by atoms with Crippen molar-refractivity contribution in [1.29, 1.82) is 0 Å². The van der Waals surface area contributed by atoms with Crippen LogP contribution in [0.15, 0.2) is 0 Å². The standard InChI is InChI=1S/C7H10N2O4/c10-6-5(9-7(11)12)3-1-13-2-4(3)8-6/h3-5,9H,1-2H2,(H,8,10)(H,11,12)/t3-,4+,5-/m1/s1. The van der Waals surface area contributed by atoms with E-state index >= 15 is 0 Å². The molecule has 2 rings (SSSR count). The quantitative estimate of drug-likeness (QED) is 0.478. The maximum atomic E-state index is 11.2. The van der Waals surface area contributed by atoms with Crippen LogP contribution in [-0.4, -0.2) is 42.4 Å². The summed E-state index contributed by atoms with van der Waals surface area (Å²) in [5.41, 5.74) is 0. The SMILES string of the molecule is O=C(O)N[C@H]1C(=O)N[C@H]2COC[C@H]21. The highest BCUT2D eigenvalue weighted by atomic mass is 16.5. The van der Waals surface area contributed by atoms with Crippen LogP contribution in [0.2, 0.25) is 0 Å². The van der Waals surface area contributed by atoms with Gasteiger partial charge in [0.15, 0.2) is 0 Å². The molecule has 2 fully saturated rings. The molecule has 0 bridgehead atoms. The van der Waals surface area contributed by atoms with Crippen molar-refractivity contribution in [3.8, 4) is 0 Å². The Balaban J connectivity index is 2.08. The van der Waals surface area contributed by atoms with Crippen LogP contribution >= 0.6 is 0 Å². The number of amides is 2. The molecule has 2 saturated heterocycles. The van der Waals surface area contributed by atoms with Crippen LogP contribution in [0.3, 0.4) is 0 Å². The Kier molecular flexibility index (Phi) is 1.84. The van der Waals surface area contributed by atoms with E-state index in [0.717, 1.165) is 0 Å². The Labute approximate surface area is 74.2 Å². The molecule has 2 aliphatic rings. The van der Waals surface area contributed by atoms with Gasteiger partial charge in [-0.1, -0.05) is 0 Å². The van der Waals surface area contributed by atoms with Crippen LogP contribution in [0.5, 0.6) is 0 Å². The zero-order valence-electron chi connectivity index (χ0n) is 6.82. The number of hydrogen-bond donors (Lipinski definition) is 3. The summed E-state index contributed by atoms with van der Waals surface area (Å²) in [7, 11) is 0. The average molecular weight is 186 g/mol. The van der Waals surface area contributed by atoms with Gasteiger partial charge in [-0.15, -0.1) is 0 Å². The maximum absolute atomic E-state index is 11.2. The first-order valence-corrected chi connectivity index (χ1v) is 4.06. The molecule has 0 spiro atoms. The molecule has 2 aliphatic heterocycles. The van der Waals surface area contributed by atoms with E-state index in [0.29, 0.717) is 13.2 Å². The third kappa shape index (κ3) is 1.33. The molecule has 0 aromatic heterocycles. The number of carbonyl (C=O) groups is 2. The third-order valence-electron chi connectivity index (χ3n) is 2.44. The second-order valence-corrected chi connectivity index (χ2v) is 3.24. The van der Waals surface area contributed by atoms with Crippen molar-refractivity contribution in [3.63, 3.8) is 0 Å². The summed E-state index contributed by atoms with van der Waals surface area (Å²) in [6.45, 7) is 0.919. The second kappa shape index (κ2) is 2.88. The topological polar surface area (TPSA) is 87.7 Å². The van der Waals surface area contributed by atoms with Gasteiger partial charge in [0.25, 0.3) is 0 Å². The summed E-state index contributed by atoms with van der Waals surface area (Å²) >= 11 is 0. The highest BCUT2D eigenvalue weighted by Crippen LogP contribution is 2.23. The first kappa shape index (κ1) is 8.31. The van der Waals surface area contributed by atoms with Gasteiger partial charge in [-0.3, -0.25) is 4.79 Å². The van der Waals surface area contributed by atoms with Gasteiger partial charge in [-0.2, -0.15) is 0 Å². The van der Waals surface area contributed by atoms with E-state index in [1.165, 1.54) is 0 Å². The second-order valence-electron chi connectivity index (χ2n) is 3.24. The molecule has 72 valence electrons. The van der Waals surface area contributed by atoms with Gasteiger partial charge in [0.1, 0.15) is 6.04 Å². The van der Waals surface area contributed by atoms with Gasteiger partial charge in [-0.05, 0) is 0 Å². The molecule has 0 radical (unpaired) electrons. The predicted molar refractivity (Wildman–Crippen MR) is 41.2 cm³/mol. The number of carboxylic acid groups (broad SMARTS) is 1. The summed E-state index contributed by atoms with van der Waals surface area (Å²) in [5, 5.41) is 13.3. The number of carbonyl (C=O) groups excluding carboxylic acids is 1. The lowest BCUT2D eigenvalue weighted by molar-refractivity contribution is -0.121. The lowest BCUT2D eigenvalue weighted by atomic mass is 10.00. The Morgan fingerprint density at radius 1 is 1.62 bits per heavy atom. The van der Waals surface area contributed by atoms with E-state index < -0.39 is 12.1 Å². The fourth-order valence-electron chi connectivity index (χ4n) is 1.82. The van der Waals surface area contributed by atoms with Gasteiger partial charge < -0.3 is 20.5 Å². The molecule has 13 heavy (non-hydrogen) atoms. The zero-order valence-corrected chi connectivity index (χ0v) is 6.82. The summed E-state index contributed by atoms with van der Waals surface area (Å²) in [5.74, 6) is -0.302. The molecule has 0 aromatic carbocycles. The van der Waals surface area contributed by atoms with Crippen LogP contribution in [0.1, 0.15) is 0 Å². The molecule has 2 heterocycles. The molecule has 3 N–H and O–H groups in total. The number of rotatable bonds is 1. The molecule has 2 amide bonds. The summed E-state index contributed by atoms with van der Waals surface area (Å²) in [6.07, 6.45) is -1.17. The Morgan fingerprint density at radius 3 is 3.08 bits per heavy atom. The summed E-state index contributed by atoms with van der Waals surface area (Å²) in [4.78, 5) is 21.6. The minimum Gasteiger partial charge on any atom is -0.465 e. The lowest BCUT2D eigenvalue weighted by Crippen LogP contribution is -2.43. The molecular formula is C7H10N2O4. The number of hydrogen-bond acceptors (Lipinski definition) is 3. The first-order chi connectivity index (χ1) is 6.18. The summed E-state index contributed by atoms with van der Waals surface area (Å²) < 4.78 is 5.12. The van der Waals surface area contributed by atoms with Crippen LogP contribution < -0.4 is 10.6 Å². The van der Waals surface area contributed by atoms with Gasteiger partial charge in [0.05, 0.1) is 19.3 Å². The van der Waals surface area contributed by atoms with Crippen LogP contribution in [0.25, 0.3) is 0 Å². The van der Waals surface area contributed by atoms with E-state index in [1.54, 1.807) is 0 Å². The fourth-order valence-corrected chi connectivity index (χ4v) is 1.82. The van der Waals surface area contributed by atoms with Gasteiger partial charge >= 0.3 is 6.09 Å². The Morgan fingerprint density at radius 2 is 2.38 bits per heavy atom. The van der Waals surface area contributed by atoms with E-state index in [-0.39, 0.29) is 17.9 Å². The smallest absolute Gasteiger partial charge is 0.405 e. The van der Waals surface area contributed by atoms with E-state index in [9.17, 15) is 9.59 Å². The zero-order chi connectivity index (χ0) is 9.42. The van der Waals surface area contributed by atoms with Crippen LogP contribution in [0, 0.1) is 5.92 Å². The maximum Gasteiger partial charge on any atom is 0.405 e. The van der Waals surface area contributed by atoms with Crippen molar-refractivity contribution in [2.75, 3.05) is 13.2 Å². The number of nitrogens with one attached hydrogen (secondary N) is 2. The monoisotopic (exact) mass is 186 g/mol. The molecule has 6 nitrogen and oxygen atoms in total. The van der Waals surface area contributed by atoms with Crippen LogP contribution in [0.4, 0.5) is 4.79 Å². The highest BCUT2D eigenvalue weighted by molar-refractivity contribution is 5.88. The molecule has 3 atom stereocenters. The minimum atomic E-state index is -1.17. The van der Waals surface area contributed by atoms with Gasteiger partial charge in [-0.25, -0.2) is 4.79 Å². The highest BCUT2D eigenvalue weighted by Gasteiger charge is 2.46. The average Bonchev–Trinajstić information content (AvgIpc) is 2.55. The fraction of sp³-hybridized carbons (Fsp3) is 0.714. The molecular weight excluding hydrogens is 176 g/mol. The number of ether oxygens (including phenoxy) is 1. The van der Waals surface area contributed by atoms with Crippen molar-refractivity contribution < 1.29 is 19.4 Å². The van der Waals surface area contributed by atoms with E-state index in [1.807, 2.05) is 0 Å². The van der Waals surface area contributed by atoms with Crippen molar-refractivity contribution in [2.24, 2.45) is 5.92 Å². The largest absolute Gasteiger partial charge is 0.465 e. The van der Waals surface area contributed by atoms with Gasteiger partial charge in [0.2, 0.25) is 5.91 Å². The summed E-state index contributed by atoms with van der Waals surface area (Å²) in [6, 6.07) is -0.672. The Bertz CT molecular complexity index is 255. The molecule has 0 aromatic rings. The van der Waals surface area contributed by atoms with Crippen molar-refractivity contribution in [1.82, 2.24) is 10.6 Å². The molecule has 6 heteroatoms. The first-order valence-electron chi connectivity index (χ1n) is 4.06. The molecule has 0 aliphatic carbocycles. The van der Waals surface area contributed by atoms with Crippen molar-refractivity contribution >= 4 is 12.0 Å². The third-order valence-corrected chi connectivity index (χ3v) is 2.44. The lowest BCUT2D eigenvalue weighted by Gasteiger charge is -2.12. The molecule has 0 unspecified atom stereocenters. The van der Waals surface area contributed by atoms with Crippen molar-refractivity contribution in [3.05, 3.63) is 0 Å². The van der Waals surface area contributed by atoms with Crippen LogP contribution in [-0.2, 0) is 9.53 Å². The predicted octanol–water partition coefficient (Wildman–Crippen LogP) is -1.23.